The molecule has 1 aliphatic heterocycles. The van der Waals surface area contributed by atoms with E-state index in [-0.39, 0.29) is 6.04 Å². The van der Waals surface area contributed by atoms with Crippen LogP contribution in [0.1, 0.15) is 39.5 Å². The second kappa shape index (κ2) is 6.24. The molecule has 0 atom stereocenters. The second-order valence-corrected chi connectivity index (χ2v) is 6.41. The van der Waals surface area contributed by atoms with Crippen LogP contribution in [0.4, 0.5) is 5.69 Å². The lowest BCUT2D eigenvalue weighted by atomic mass is 10.2. The van der Waals surface area contributed by atoms with Crippen LogP contribution < -0.4 is 10.1 Å². The quantitative estimate of drug-likeness (QED) is 0.920. The fraction of sp³-hybridized carbons (Fsp3) is 0.647. The minimum absolute atomic E-state index is 0.194. The summed E-state index contributed by atoms with van der Waals surface area (Å²) in [6.07, 6.45) is 5.37. The zero-order valence-electron chi connectivity index (χ0n) is 12.9. The van der Waals surface area contributed by atoms with E-state index in [1.54, 1.807) is 0 Å². The van der Waals surface area contributed by atoms with Gasteiger partial charge >= 0.3 is 0 Å². The van der Waals surface area contributed by atoms with Gasteiger partial charge in [-0.05, 0) is 63.8 Å². The summed E-state index contributed by atoms with van der Waals surface area (Å²) in [5.41, 5.74) is 1.07. The third-order valence-corrected chi connectivity index (χ3v) is 4.09. The molecule has 1 aromatic rings. The average Bonchev–Trinajstić information content (AvgIpc) is 2.96. The highest BCUT2D eigenvalue weighted by molar-refractivity contribution is 5.47. The minimum Gasteiger partial charge on any atom is -0.490 e. The van der Waals surface area contributed by atoms with E-state index in [9.17, 15) is 0 Å². The number of nitrogens with one attached hydrogen (secondary N) is 1. The van der Waals surface area contributed by atoms with Gasteiger partial charge in [-0.15, -0.1) is 0 Å². The van der Waals surface area contributed by atoms with Crippen LogP contribution in [0.3, 0.4) is 0 Å². The SMILES string of the molecule is CC1(C)OCC(Nc2ccc(OC3CCCC3)cc2)CO1. The van der Waals surface area contributed by atoms with E-state index in [2.05, 4.69) is 17.4 Å². The summed E-state index contributed by atoms with van der Waals surface area (Å²) in [7, 11) is 0. The van der Waals surface area contributed by atoms with E-state index in [4.69, 9.17) is 14.2 Å². The van der Waals surface area contributed by atoms with E-state index in [1.165, 1.54) is 25.7 Å². The summed E-state index contributed by atoms with van der Waals surface area (Å²) in [6, 6.07) is 8.39. The van der Waals surface area contributed by atoms with Crippen LogP contribution in [0.15, 0.2) is 24.3 Å². The molecule has 4 nitrogen and oxygen atoms in total. The van der Waals surface area contributed by atoms with Crippen molar-refractivity contribution >= 4 is 5.69 Å². The summed E-state index contributed by atoms with van der Waals surface area (Å²) < 4.78 is 17.3. The lowest BCUT2D eigenvalue weighted by molar-refractivity contribution is -0.247. The first-order chi connectivity index (χ1) is 10.1. The topological polar surface area (TPSA) is 39.7 Å². The van der Waals surface area contributed by atoms with E-state index < -0.39 is 5.79 Å². The number of ether oxygens (including phenoxy) is 3. The molecule has 116 valence electrons. The number of hydrogen-bond donors (Lipinski definition) is 1. The molecule has 4 heteroatoms. The molecule has 0 unspecified atom stereocenters. The molecular formula is C17H25NO3. The van der Waals surface area contributed by atoms with E-state index in [0.29, 0.717) is 19.3 Å². The number of rotatable bonds is 4. The van der Waals surface area contributed by atoms with Gasteiger partial charge in [0.2, 0.25) is 0 Å². The molecule has 1 aromatic carbocycles. The average molecular weight is 291 g/mol. The van der Waals surface area contributed by atoms with Gasteiger partial charge in [0.25, 0.3) is 0 Å². The fourth-order valence-corrected chi connectivity index (χ4v) is 2.84. The molecule has 0 spiro atoms. The van der Waals surface area contributed by atoms with Crippen molar-refractivity contribution in [3.63, 3.8) is 0 Å². The van der Waals surface area contributed by atoms with Crippen LogP contribution in [-0.4, -0.2) is 31.1 Å². The molecule has 0 amide bonds. The van der Waals surface area contributed by atoms with Crippen LogP contribution in [-0.2, 0) is 9.47 Å². The third-order valence-electron chi connectivity index (χ3n) is 4.09. The standard InChI is InChI=1S/C17H25NO3/c1-17(2)19-11-14(12-20-17)18-13-7-9-16(10-8-13)21-15-5-3-4-6-15/h7-10,14-15,18H,3-6,11-12H2,1-2H3. The first kappa shape index (κ1) is 14.7. The van der Waals surface area contributed by atoms with Gasteiger partial charge in [0.05, 0.1) is 25.4 Å². The van der Waals surface area contributed by atoms with Crippen molar-refractivity contribution in [2.75, 3.05) is 18.5 Å². The smallest absolute Gasteiger partial charge is 0.162 e. The van der Waals surface area contributed by atoms with Crippen molar-refractivity contribution in [3.05, 3.63) is 24.3 Å². The van der Waals surface area contributed by atoms with Crippen molar-refractivity contribution in [2.24, 2.45) is 0 Å². The molecule has 21 heavy (non-hydrogen) atoms. The second-order valence-electron chi connectivity index (χ2n) is 6.41. The van der Waals surface area contributed by atoms with Crippen LogP contribution in [0.25, 0.3) is 0 Å². The lowest BCUT2D eigenvalue weighted by Gasteiger charge is -2.35. The van der Waals surface area contributed by atoms with Gasteiger partial charge in [0, 0.05) is 5.69 Å². The fourth-order valence-electron chi connectivity index (χ4n) is 2.84. The maximum atomic E-state index is 5.97. The largest absolute Gasteiger partial charge is 0.490 e. The van der Waals surface area contributed by atoms with E-state index >= 15 is 0 Å². The van der Waals surface area contributed by atoms with Gasteiger partial charge in [0.15, 0.2) is 5.79 Å². The van der Waals surface area contributed by atoms with Gasteiger partial charge in [0.1, 0.15) is 5.75 Å². The number of anilines is 1. The molecular weight excluding hydrogens is 266 g/mol. The molecule has 1 saturated carbocycles. The Hall–Kier alpha value is -1.26. The zero-order chi connectivity index (χ0) is 14.7. The Morgan fingerprint density at radius 3 is 2.29 bits per heavy atom. The highest BCUT2D eigenvalue weighted by Crippen LogP contribution is 2.25. The van der Waals surface area contributed by atoms with Crippen LogP contribution in [0.2, 0.25) is 0 Å². The van der Waals surface area contributed by atoms with Crippen LogP contribution >= 0.6 is 0 Å². The van der Waals surface area contributed by atoms with Crippen molar-refractivity contribution in [2.45, 2.75) is 57.5 Å². The van der Waals surface area contributed by atoms with E-state index in [1.807, 2.05) is 26.0 Å². The van der Waals surface area contributed by atoms with Crippen molar-refractivity contribution < 1.29 is 14.2 Å². The summed E-state index contributed by atoms with van der Waals surface area (Å²) in [5, 5.41) is 3.43. The predicted octanol–water partition coefficient (Wildman–Crippen LogP) is 3.57. The molecule has 1 saturated heterocycles. The third kappa shape index (κ3) is 4.11. The number of benzene rings is 1. The van der Waals surface area contributed by atoms with Gasteiger partial charge in [-0.3, -0.25) is 0 Å². The summed E-state index contributed by atoms with van der Waals surface area (Å²) >= 11 is 0. The zero-order valence-corrected chi connectivity index (χ0v) is 12.9. The summed E-state index contributed by atoms with van der Waals surface area (Å²) in [4.78, 5) is 0. The van der Waals surface area contributed by atoms with Crippen molar-refractivity contribution in [1.82, 2.24) is 0 Å². The minimum atomic E-state index is -0.461. The van der Waals surface area contributed by atoms with E-state index in [0.717, 1.165) is 11.4 Å². The molecule has 1 aliphatic carbocycles. The normalized spacial score (nSPS) is 23.1. The molecule has 2 aliphatic rings. The molecule has 1 N–H and O–H groups in total. The summed E-state index contributed by atoms with van der Waals surface area (Å²) in [5.74, 6) is 0.502. The van der Waals surface area contributed by atoms with Crippen molar-refractivity contribution in [1.29, 1.82) is 0 Å². The maximum Gasteiger partial charge on any atom is 0.162 e. The lowest BCUT2D eigenvalue weighted by Crippen LogP contribution is -2.45. The van der Waals surface area contributed by atoms with Crippen LogP contribution in [0.5, 0.6) is 5.75 Å². The summed E-state index contributed by atoms with van der Waals surface area (Å²) in [6.45, 7) is 5.21. The van der Waals surface area contributed by atoms with Crippen molar-refractivity contribution in [3.8, 4) is 5.75 Å². The molecule has 0 aromatic heterocycles. The molecule has 2 fully saturated rings. The monoisotopic (exact) mass is 291 g/mol. The predicted molar refractivity (Wildman–Crippen MR) is 82.7 cm³/mol. The molecule has 1 heterocycles. The Morgan fingerprint density at radius 2 is 1.67 bits per heavy atom. The highest BCUT2D eigenvalue weighted by Gasteiger charge is 2.28. The number of hydrogen-bond acceptors (Lipinski definition) is 4. The molecule has 0 radical (unpaired) electrons. The van der Waals surface area contributed by atoms with Crippen LogP contribution in [0, 0.1) is 0 Å². The molecule has 3 rings (SSSR count). The van der Waals surface area contributed by atoms with Gasteiger partial charge in [-0.25, -0.2) is 0 Å². The maximum absolute atomic E-state index is 5.97. The Kier molecular flexibility index (Phi) is 4.36. The van der Waals surface area contributed by atoms with Gasteiger partial charge in [-0.1, -0.05) is 0 Å². The highest BCUT2D eigenvalue weighted by atomic mass is 16.7. The van der Waals surface area contributed by atoms with Gasteiger partial charge < -0.3 is 19.5 Å². The first-order valence-electron chi connectivity index (χ1n) is 7.92. The Morgan fingerprint density at radius 1 is 1.05 bits per heavy atom. The Labute approximate surface area is 126 Å². The Bertz CT molecular complexity index is 442. The van der Waals surface area contributed by atoms with Gasteiger partial charge in [-0.2, -0.15) is 0 Å². The molecule has 0 bridgehead atoms. The first-order valence-corrected chi connectivity index (χ1v) is 7.92. The Balaban J connectivity index is 1.50.